The smallest absolute Gasteiger partial charge is 0.315 e. The Labute approximate surface area is 82.7 Å². The summed E-state index contributed by atoms with van der Waals surface area (Å²) in [5.74, 6) is -1.06. The fourth-order valence-electron chi connectivity index (χ4n) is 1.79. The summed E-state index contributed by atoms with van der Waals surface area (Å²) < 4.78 is 24.3. The molecule has 3 nitrogen and oxygen atoms in total. The van der Waals surface area contributed by atoms with E-state index in [9.17, 15) is 13.6 Å². The Morgan fingerprint density at radius 2 is 2.21 bits per heavy atom. The second-order valence-corrected chi connectivity index (χ2v) is 3.81. The number of likely N-dealkylation sites (N-methyl/N-ethyl adjacent to an activating group) is 2. The van der Waals surface area contributed by atoms with Crippen LogP contribution in [0.15, 0.2) is 0 Å². The lowest BCUT2D eigenvalue weighted by molar-refractivity contribution is -0.144. The second-order valence-electron chi connectivity index (χ2n) is 3.81. The maximum absolute atomic E-state index is 12.1. The zero-order valence-electron chi connectivity index (χ0n) is 8.54. The molecule has 0 bridgehead atoms. The van der Waals surface area contributed by atoms with E-state index < -0.39 is 12.3 Å². The van der Waals surface area contributed by atoms with Gasteiger partial charge in [0.1, 0.15) is 0 Å². The summed E-state index contributed by atoms with van der Waals surface area (Å²) in [5.41, 5.74) is 0. The number of rotatable bonds is 2. The van der Waals surface area contributed by atoms with Gasteiger partial charge in [0.25, 0.3) is 5.91 Å². The Kier molecular flexibility index (Phi) is 3.80. The molecule has 1 fully saturated rings. The highest BCUT2D eigenvalue weighted by Gasteiger charge is 2.28. The second kappa shape index (κ2) is 4.68. The molecule has 1 saturated heterocycles. The molecule has 0 aromatic carbocycles. The molecular formula is C9H16F2N2O. The summed E-state index contributed by atoms with van der Waals surface area (Å²) in [6.45, 7) is 1.67. The molecule has 0 saturated carbocycles. The van der Waals surface area contributed by atoms with Crippen LogP contribution >= 0.6 is 0 Å². The van der Waals surface area contributed by atoms with E-state index in [0.717, 1.165) is 19.4 Å². The van der Waals surface area contributed by atoms with Crippen LogP contribution in [-0.2, 0) is 4.79 Å². The molecule has 1 unspecified atom stereocenters. The van der Waals surface area contributed by atoms with E-state index in [2.05, 4.69) is 4.90 Å². The number of alkyl halides is 2. The highest BCUT2D eigenvalue weighted by atomic mass is 19.3. The first-order valence-corrected chi connectivity index (χ1v) is 4.75. The third-order valence-corrected chi connectivity index (χ3v) is 2.68. The van der Waals surface area contributed by atoms with Gasteiger partial charge in [-0.1, -0.05) is 0 Å². The molecule has 0 spiro atoms. The Balaban J connectivity index is 2.51. The molecule has 0 aromatic heterocycles. The monoisotopic (exact) mass is 206 g/mol. The third kappa shape index (κ3) is 2.64. The zero-order chi connectivity index (χ0) is 10.7. The van der Waals surface area contributed by atoms with Crippen molar-refractivity contribution in [2.24, 2.45) is 0 Å². The first-order chi connectivity index (χ1) is 6.52. The SMILES string of the molecule is CN1CCCC(N(C)C(=O)C(F)F)C1. The molecule has 0 radical (unpaired) electrons. The minimum absolute atomic E-state index is 0.0600. The van der Waals surface area contributed by atoms with Crippen LogP contribution in [0, 0.1) is 0 Å². The number of carbonyl (C=O) groups is 1. The molecule has 1 aliphatic rings. The minimum atomic E-state index is -2.88. The van der Waals surface area contributed by atoms with E-state index in [1.807, 2.05) is 7.05 Å². The lowest BCUT2D eigenvalue weighted by Gasteiger charge is -2.35. The van der Waals surface area contributed by atoms with Crippen LogP contribution in [0.2, 0.25) is 0 Å². The maximum Gasteiger partial charge on any atom is 0.315 e. The van der Waals surface area contributed by atoms with Gasteiger partial charge >= 0.3 is 6.43 Å². The van der Waals surface area contributed by atoms with Gasteiger partial charge in [-0.2, -0.15) is 8.78 Å². The van der Waals surface area contributed by atoms with Gasteiger partial charge in [0.05, 0.1) is 0 Å². The predicted molar refractivity (Wildman–Crippen MR) is 49.3 cm³/mol. The van der Waals surface area contributed by atoms with Gasteiger partial charge < -0.3 is 9.80 Å². The lowest BCUT2D eigenvalue weighted by atomic mass is 10.1. The summed E-state index contributed by atoms with van der Waals surface area (Å²) in [5, 5.41) is 0. The molecule has 0 aromatic rings. The third-order valence-electron chi connectivity index (χ3n) is 2.68. The number of piperidine rings is 1. The predicted octanol–water partition coefficient (Wildman–Crippen LogP) is 0.804. The van der Waals surface area contributed by atoms with E-state index in [4.69, 9.17) is 0 Å². The van der Waals surface area contributed by atoms with E-state index in [-0.39, 0.29) is 6.04 Å². The molecule has 82 valence electrons. The Morgan fingerprint density at radius 3 is 2.71 bits per heavy atom. The number of hydrogen-bond acceptors (Lipinski definition) is 2. The van der Waals surface area contributed by atoms with E-state index in [1.165, 1.54) is 11.9 Å². The van der Waals surface area contributed by atoms with Gasteiger partial charge in [-0.05, 0) is 26.4 Å². The zero-order valence-corrected chi connectivity index (χ0v) is 8.54. The van der Waals surface area contributed by atoms with Crippen molar-refractivity contribution in [2.75, 3.05) is 27.2 Å². The number of amides is 1. The normalized spacial score (nSPS) is 23.9. The van der Waals surface area contributed by atoms with Gasteiger partial charge in [-0.25, -0.2) is 0 Å². The molecule has 1 rings (SSSR count). The topological polar surface area (TPSA) is 23.6 Å². The van der Waals surface area contributed by atoms with Crippen LogP contribution in [0.5, 0.6) is 0 Å². The fraction of sp³-hybridized carbons (Fsp3) is 0.889. The van der Waals surface area contributed by atoms with Crippen LogP contribution in [0.1, 0.15) is 12.8 Å². The fourth-order valence-corrected chi connectivity index (χ4v) is 1.79. The summed E-state index contributed by atoms with van der Waals surface area (Å²) in [6, 6.07) is -0.0600. The molecule has 1 amide bonds. The van der Waals surface area contributed by atoms with Crippen molar-refractivity contribution >= 4 is 5.91 Å². The molecule has 5 heteroatoms. The van der Waals surface area contributed by atoms with Crippen molar-refractivity contribution in [3.63, 3.8) is 0 Å². The summed E-state index contributed by atoms with van der Waals surface area (Å²) in [4.78, 5) is 14.2. The average molecular weight is 206 g/mol. The first-order valence-electron chi connectivity index (χ1n) is 4.75. The van der Waals surface area contributed by atoms with Gasteiger partial charge in [0.2, 0.25) is 0 Å². The Morgan fingerprint density at radius 1 is 1.57 bits per heavy atom. The van der Waals surface area contributed by atoms with Crippen molar-refractivity contribution in [3.8, 4) is 0 Å². The first kappa shape index (κ1) is 11.4. The van der Waals surface area contributed by atoms with Crippen molar-refractivity contribution in [1.29, 1.82) is 0 Å². The maximum atomic E-state index is 12.1. The van der Waals surface area contributed by atoms with Crippen LogP contribution in [0.4, 0.5) is 8.78 Å². The van der Waals surface area contributed by atoms with Crippen molar-refractivity contribution in [2.45, 2.75) is 25.3 Å². The number of hydrogen-bond donors (Lipinski definition) is 0. The highest BCUT2D eigenvalue weighted by molar-refractivity contribution is 5.79. The number of likely N-dealkylation sites (tertiary alicyclic amines) is 1. The van der Waals surface area contributed by atoms with Crippen LogP contribution in [0.25, 0.3) is 0 Å². The van der Waals surface area contributed by atoms with Crippen molar-refractivity contribution in [1.82, 2.24) is 9.80 Å². The quantitative estimate of drug-likeness (QED) is 0.667. The molecule has 1 heterocycles. The summed E-state index contributed by atoms with van der Waals surface area (Å²) in [7, 11) is 3.39. The minimum Gasteiger partial charge on any atom is -0.337 e. The molecule has 1 aliphatic heterocycles. The van der Waals surface area contributed by atoms with Crippen molar-refractivity contribution in [3.05, 3.63) is 0 Å². The van der Waals surface area contributed by atoms with Crippen molar-refractivity contribution < 1.29 is 13.6 Å². The van der Waals surface area contributed by atoms with Crippen LogP contribution < -0.4 is 0 Å². The van der Waals surface area contributed by atoms with Crippen LogP contribution in [-0.4, -0.2) is 55.4 Å². The number of nitrogens with zero attached hydrogens (tertiary/aromatic N) is 2. The highest BCUT2D eigenvalue weighted by Crippen LogP contribution is 2.14. The molecule has 0 N–H and O–H groups in total. The van der Waals surface area contributed by atoms with Gasteiger partial charge in [-0.15, -0.1) is 0 Å². The average Bonchev–Trinajstić information content (AvgIpc) is 2.15. The molecule has 14 heavy (non-hydrogen) atoms. The Bertz CT molecular complexity index is 211. The lowest BCUT2D eigenvalue weighted by Crippen LogP contribution is -2.48. The summed E-state index contributed by atoms with van der Waals surface area (Å²) >= 11 is 0. The van der Waals surface area contributed by atoms with Gasteiger partial charge in [0.15, 0.2) is 0 Å². The van der Waals surface area contributed by atoms with E-state index in [0.29, 0.717) is 6.54 Å². The molecule has 1 atom stereocenters. The Hall–Kier alpha value is -0.710. The van der Waals surface area contributed by atoms with Gasteiger partial charge in [-0.3, -0.25) is 4.79 Å². The molecule has 0 aliphatic carbocycles. The van der Waals surface area contributed by atoms with E-state index in [1.54, 1.807) is 0 Å². The van der Waals surface area contributed by atoms with Gasteiger partial charge in [0, 0.05) is 19.6 Å². The standard InChI is InChI=1S/C9H16F2N2O/c1-12-5-3-4-7(6-12)13(2)9(14)8(10)11/h7-8H,3-6H2,1-2H3. The molecular weight excluding hydrogens is 190 g/mol. The number of halogens is 2. The summed E-state index contributed by atoms with van der Waals surface area (Å²) in [6.07, 6.45) is -1.10. The number of carbonyl (C=O) groups excluding carboxylic acids is 1. The largest absolute Gasteiger partial charge is 0.337 e. The van der Waals surface area contributed by atoms with E-state index >= 15 is 0 Å². The van der Waals surface area contributed by atoms with Crippen LogP contribution in [0.3, 0.4) is 0 Å².